The fraction of sp³-hybridized carbons (Fsp3) is 0.478. The molecule has 1 amide bonds. The van der Waals surface area contributed by atoms with Crippen LogP contribution >= 0.6 is 23.2 Å². The zero-order valence-electron chi connectivity index (χ0n) is 17.6. The number of aliphatic hydroxyl groups excluding tert-OH is 1. The molecule has 0 saturated carbocycles. The van der Waals surface area contributed by atoms with Gasteiger partial charge in [0, 0.05) is 35.3 Å². The molecule has 166 valence electrons. The van der Waals surface area contributed by atoms with Gasteiger partial charge in [-0.25, -0.2) is 0 Å². The number of ether oxygens (including phenoxy) is 1. The van der Waals surface area contributed by atoms with Crippen LogP contribution in [0.15, 0.2) is 16.9 Å². The zero-order valence-corrected chi connectivity index (χ0v) is 19.1. The summed E-state index contributed by atoms with van der Waals surface area (Å²) in [5.41, 5.74) is 3.73. The van der Waals surface area contributed by atoms with Crippen molar-refractivity contribution >= 4 is 29.1 Å². The van der Waals surface area contributed by atoms with Crippen molar-refractivity contribution in [2.45, 2.75) is 51.7 Å². The van der Waals surface area contributed by atoms with Crippen LogP contribution in [-0.2, 0) is 17.7 Å². The number of nitrogens with one attached hydrogen (secondary N) is 1. The molecule has 0 aliphatic carbocycles. The molecular formula is C23H26Cl2N2O4. The van der Waals surface area contributed by atoms with Gasteiger partial charge in [0.05, 0.1) is 29.8 Å². The van der Waals surface area contributed by atoms with Gasteiger partial charge in [-0.05, 0) is 61.9 Å². The van der Waals surface area contributed by atoms with Gasteiger partial charge in [0.25, 0.3) is 11.5 Å². The summed E-state index contributed by atoms with van der Waals surface area (Å²) in [4.78, 5) is 30.3. The predicted molar refractivity (Wildman–Crippen MR) is 120 cm³/mol. The summed E-state index contributed by atoms with van der Waals surface area (Å²) in [7, 11) is 0. The fourth-order valence-corrected chi connectivity index (χ4v) is 5.38. The first kappa shape index (κ1) is 22.3. The summed E-state index contributed by atoms with van der Waals surface area (Å²) in [6.45, 7) is 4.85. The van der Waals surface area contributed by atoms with Crippen LogP contribution in [-0.4, -0.2) is 46.8 Å². The molecule has 3 heterocycles. The highest BCUT2D eigenvalue weighted by Crippen LogP contribution is 2.40. The fourth-order valence-electron chi connectivity index (χ4n) is 4.68. The maximum absolute atomic E-state index is 13.4. The summed E-state index contributed by atoms with van der Waals surface area (Å²) in [6.07, 6.45) is 2.15. The Morgan fingerprint density at radius 2 is 2.06 bits per heavy atom. The van der Waals surface area contributed by atoms with E-state index in [-0.39, 0.29) is 36.6 Å². The highest BCUT2D eigenvalue weighted by Gasteiger charge is 2.35. The minimum atomic E-state index is -0.344. The molecule has 0 spiro atoms. The molecule has 2 aromatic rings. The average molecular weight is 465 g/mol. The Balaban J connectivity index is 1.71. The molecule has 2 aliphatic heterocycles. The minimum Gasteiger partial charge on any atom is -0.396 e. The minimum absolute atomic E-state index is 0.144. The van der Waals surface area contributed by atoms with Gasteiger partial charge >= 0.3 is 0 Å². The van der Waals surface area contributed by atoms with E-state index in [0.717, 1.165) is 29.7 Å². The molecule has 1 unspecified atom stereocenters. The van der Waals surface area contributed by atoms with Crippen molar-refractivity contribution in [3.05, 3.63) is 66.0 Å². The molecule has 2 aliphatic rings. The lowest BCUT2D eigenvalue weighted by molar-refractivity contribution is 0.0665. The quantitative estimate of drug-likeness (QED) is 0.705. The molecule has 0 bridgehead atoms. The lowest BCUT2D eigenvalue weighted by atomic mass is 9.87. The second-order valence-corrected chi connectivity index (χ2v) is 9.16. The molecule has 2 atom stereocenters. The van der Waals surface area contributed by atoms with Crippen LogP contribution < -0.4 is 5.56 Å². The van der Waals surface area contributed by atoms with E-state index in [4.69, 9.17) is 27.9 Å². The van der Waals surface area contributed by atoms with E-state index in [1.165, 1.54) is 0 Å². The molecule has 0 radical (unpaired) electrons. The van der Waals surface area contributed by atoms with Crippen LogP contribution in [0, 0.1) is 13.8 Å². The van der Waals surface area contributed by atoms with Gasteiger partial charge in [-0.15, -0.1) is 0 Å². The summed E-state index contributed by atoms with van der Waals surface area (Å²) in [6, 6.07) is 3.66. The smallest absolute Gasteiger partial charge is 0.256 e. The number of halogens is 2. The number of hydrogen-bond acceptors (Lipinski definition) is 4. The Morgan fingerprint density at radius 1 is 1.29 bits per heavy atom. The lowest BCUT2D eigenvalue weighted by Crippen LogP contribution is -2.39. The van der Waals surface area contributed by atoms with Gasteiger partial charge in [0.2, 0.25) is 0 Å². The summed E-state index contributed by atoms with van der Waals surface area (Å²) in [5.74, 6) is -0.596. The number of rotatable bonds is 5. The van der Waals surface area contributed by atoms with Crippen molar-refractivity contribution in [2.75, 3.05) is 19.8 Å². The third kappa shape index (κ3) is 4.14. The molecule has 1 aromatic heterocycles. The SMILES string of the molecule is Cc1cc(C)c(CN2CCc3c(Cl)cc([C@H](CO)C4CCCO4)c(Cl)c3C2=O)c(=O)[nH]1. The largest absolute Gasteiger partial charge is 0.396 e. The van der Waals surface area contributed by atoms with Crippen LogP contribution in [0.3, 0.4) is 0 Å². The average Bonchev–Trinajstić information content (AvgIpc) is 3.24. The van der Waals surface area contributed by atoms with Crippen LogP contribution in [0.1, 0.15) is 57.1 Å². The van der Waals surface area contributed by atoms with E-state index in [9.17, 15) is 14.7 Å². The van der Waals surface area contributed by atoms with Crippen molar-refractivity contribution in [1.82, 2.24) is 9.88 Å². The number of carbonyl (C=O) groups excluding carboxylic acids is 1. The van der Waals surface area contributed by atoms with E-state index in [0.29, 0.717) is 46.3 Å². The molecule has 2 N–H and O–H groups in total. The van der Waals surface area contributed by atoms with Crippen molar-refractivity contribution in [1.29, 1.82) is 0 Å². The van der Waals surface area contributed by atoms with Crippen LogP contribution in [0.25, 0.3) is 0 Å². The van der Waals surface area contributed by atoms with Crippen molar-refractivity contribution < 1.29 is 14.6 Å². The summed E-state index contributed by atoms with van der Waals surface area (Å²) < 4.78 is 5.77. The van der Waals surface area contributed by atoms with Crippen molar-refractivity contribution in [3.63, 3.8) is 0 Å². The van der Waals surface area contributed by atoms with E-state index >= 15 is 0 Å². The number of aryl methyl sites for hydroxylation is 2. The number of nitrogens with zero attached hydrogens (tertiary/aromatic N) is 1. The number of aliphatic hydroxyl groups is 1. The Hall–Kier alpha value is -1.86. The molecular weight excluding hydrogens is 439 g/mol. The molecule has 1 saturated heterocycles. The highest BCUT2D eigenvalue weighted by molar-refractivity contribution is 6.37. The van der Waals surface area contributed by atoms with Crippen LogP contribution in [0.5, 0.6) is 0 Å². The Labute approximate surface area is 191 Å². The normalized spacial score (nSPS) is 19.6. The molecule has 1 fully saturated rings. The number of pyridine rings is 1. The van der Waals surface area contributed by atoms with Crippen LogP contribution in [0.2, 0.25) is 10.0 Å². The standard InChI is InChI=1S/C23H26Cl2N2O4/c1-12-8-13(2)26-22(29)16(12)10-27-6-5-14-18(24)9-15(21(25)20(14)23(27)30)17(11-28)19-4-3-7-31-19/h8-9,17,19,28H,3-7,10-11H2,1-2H3,(H,26,29)/t17-,19?/m0/s1. The van der Waals surface area contributed by atoms with Gasteiger partial charge in [-0.3, -0.25) is 9.59 Å². The number of aromatic amines is 1. The van der Waals surface area contributed by atoms with Gasteiger partial charge < -0.3 is 19.7 Å². The van der Waals surface area contributed by atoms with Gasteiger partial charge in [0.1, 0.15) is 0 Å². The Bertz CT molecular complexity index is 1080. The number of benzene rings is 1. The second-order valence-electron chi connectivity index (χ2n) is 8.38. The van der Waals surface area contributed by atoms with Crippen molar-refractivity contribution in [2.24, 2.45) is 0 Å². The first-order valence-electron chi connectivity index (χ1n) is 10.5. The summed E-state index contributed by atoms with van der Waals surface area (Å²) in [5, 5.41) is 10.8. The zero-order chi connectivity index (χ0) is 22.3. The number of aromatic nitrogens is 1. The monoisotopic (exact) mass is 464 g/mol. The molecule has 1 aromatic carbocycles. The third-order valence-electron chi connectivity index (χ3n) is 6.33. The van der Waals surface area contributed by atoms with Crippen LogP contribution in [0.4, 0.5) is 0 Å². The topological polar surface area (TPSA) is 82.6 Å². The third-order valence-corrected chi connectivity index (χ3v) is 7.08. The Kier molecular flexibility index (Phi) is 6.44. The van der Waals surface area contributed by atoms with E-state index in [2.05, 4.69) is 4.98 Å². The van der Waals surface area contributed by atoms with E-state index in [1.54, 1.807) is 11.0 Å². The number of hydrogen-bond donors (Lipinski definition) is 2. The predicted octanol–water partition coefficient (Wildman–Crippen LogP) is 3.75. The number of H-pyrrole nitrogens is 1. The second kappa shape index (κ2) is 8.94. The Morgan fingerprint density at radius 3 is 2.71 bits per heavy atom. The van der Waals surface area contributed by atoms with Gasteiger partial charge in [-0.1, -0.05) is 23.2 Å². The number of amides is 1. The van der Waals surface area contributed by atoms with E-state index in [1.807, 2.05) is 19.9 Å². The van der Waals surface area contributed by atoms with Gasteiger partial charge in [-0.2, -0.15) is 0 Å². The number of fused-ring (bicyclic) bond motifs is 1. The van der Waals surface area contributed by atoms with Crippen molar-refractivity contribution in [3.8, 4) is 0 Å². The molecule has 8 heteroatoms. The first-order valence-corrected chi connectivity index (χ1v) is 11.3. The van der Waals surface area contributed by atoms with E-state index < -0.39 is 0 Å². The first-order chi connectivity index (χ1) is 14.8. The van der Waals surface area contributed by atoms with Gasteiger partial charge in [0.15, 0.2) is 0 Å². The lowest BCUT2D eigenvalue weighted by Gasteiger charge is -2.32. The molecule has 31 heavy (non-hydrogen) atoms. The maximum Gasteiger partial charge on any atom is 0.256 e. The highest BCUT2D eigenvalue weighted by atomic mass is 35.5. The summed E-state index contributed by atoms with van der Waals surface area (Å²) >= 11 is 13.3. The number of carbonyl (C=O) groups is 1. The molecule has 4 rings (SSSR count). The maximum atomic E-state index is 13.4. The molecule has 6 nitrogen and oxygen atoms in total.